The molecule has 120 valence electrons. The van der Waals surface area contributed by atoms with Crippen LogP contribution in [0, 0.1) is 0 Å². The van der Waals surface area contributed by atoms with Gasteiger partial charge in [-0.3, -0.25) is 0 Å². The lowest BCUT2D eigenvalue weighted by Crippen LogP contribution is -2.26. The van der Waals surface area contributed by atoms with E-state index >= 15 is 0 Å². The summed E-state index contributed by atoms with van der Waals surface area (Å²) < 4.78 is 22.2. The summed E-state index contributed by atoms with van der Waals surface area (Å²) >= 11 is 0. The van der Waals surface area contributed by atoms with Gasteiger partial charge in [0.1, 0.15) is 0 Å². The topological polar surface area (TPSA) is 79.2 Å². The summed E-state index contributed by atoms with van der Waals surface area (Å²) in [6.07, 6.45) is 6.09. The standard InChI is InChI=1S/C16H23N3O2S/c1-19-7-2-3-14(19)10-13-11-18-16-5-4-12(9-15(13)16)6-8-22(17,20)21/h4-5,9,11,14,18H,2-3,6-8,10H2,1H3,(H2,17,20,21)/t14-/m1/s1. The summed E-state index contributed by atoms with van der Waals surface area (Å²) in [5, 5.41) is 6.29. The number of aromatic nitrogens is 1. The van der Waals surface area contributed by atoms with Crippen LogP contribution >= 0.6 is 0 Å². The molecule has 3 N–H and O–H groups in total. The predicted molar refractivity (Wildman–Crippen MR) is 89.3 cm³/mol. The normalized spacial score (nSPS) is 20.0. The first kappa shape index (κ1) is 15.5. The fourth-order valence-electron chi connectivity index (χ4n) is 3.30. The van der Waals surface area contributed by atoms with Crippen LogP contribution in [0.15, 0.2) is 24.4 Å². The molecular weight excluding hydrogens is 298 g/mol. The molecule has 3 rings (SSSR count). The Morgan fingerprint density at radius 1 is 1.41 bits per heavy atom. The Balaban J connectivity index is 1.82. The first-order chi connectivity index (χ1) is 10.4. The molecule has 0 saturated carbocycles. The van der Waals surface area contributed by atoms with Crippen molar-refractivity contribution in [3.8, 4) is 0 Å². The van der Waals surface area contributed by atoms with Crippen molar-refractivity contribution in [2.24, 2.45) is 5.14 Å². The number of sulfonamides is 1. The van der Waals surface area contributed by atoms with Gasteiger partial charge in [-0.2, -0.15) is 0 Å². The summed E-state index contributed by atoms with van der Waals surface area (Å²) in [6.45, 7) is 1.17. The van der Waals surface area contributed by atoms with E-state index in [0.29, 0.717) is 12.5 Å². The number of nitrogens with one attached hydrogen (secondary N) is 1. The van der Waals surface area contributed by atoms with Gasteiger partial charge in [-0.15, -0.1) is 0 Å². The molecule has 1 fully saturated rings. The number of aromatic amines is 1. The van der Waals surface area contributed by atoms with E-state index in [2.05, 4.69) is 29.2 Å². The van der Waals surface area contributed by atoms with Gasteiger partial charge in [0.25, 0.3) is 0 Å². The van der Waals surface area contributed by atoms with Crippen LogP contribution in [0.5, 0.6) is 0 Å². The van der Waals surface area contributed by atoms with Gasteiger partial charge in [0.2, 0.25) is 10.0 Å². The Bertz CT molecular complexity index is 767. The number of primary sulfonamides is 1. The fourth-order valence-corrected chi connectivity index (χ4v) is 3.82. The van der Waals surface area contributed by atoms with Crippen LogP contribution in [0.3, 0.4) is 0 Å². The van der Waals surface area contributed by atoms with Crippen molar-refractivity contribution in [1.29, 1.82) is 0 Å². The molecule has 1 aromatic heterocycles. The maximum Gasteiger partial charge on any atom is 0.209 e. The Morgan fingerprint density at radius 2 is 2.23 bits per heavy atom. The third kappa shape index (κ3) is 3.51. The minimum atomic E-state index is -3.41. The molecule has 1 saturated heterocycles. The molecule has 2 aromatic rings. The molecule has 0 aliphatic carbocycles. The van der Waals surface area contributed by atoms with Crippen molar-refractivity contribution in [2.45, 2.75) is 31.7 Å². The molecule has 1 aliphatic rings. The minimum absolute atomic E-state index is 0.0103. The summed E-state index contributed by atoms with van der Waals surface area (Å²) in [5.41, 5.74) is 3.43. The van der Waals surface area contributed by atoms with E-state index in [1.165, 1.54) is 30.3 Å². The highest BCUT2D eigenvalue weighted by Gasteiger charge is 2.22. The third-order valence-corrected chi connectivity index (χ3v) is 5.41. The molecule has 5 nitrogen and oxygen atoms in total. The second-order valence-corrected chi connectivity index (χ2v) is 8.03. The number of benzene rings is 1. The first-order valence-corrected chi connectivity index (χ1v) is 9.43. The van der Waals surface area contributed by atoms with Crippen molar-refractivity contribution in [2.75, 3.05) is 19.3 Å². The molecule has 0 unspecified atom stereocenters. The van der Waals surface area contributed by atoms with Gasteiger partial charge in [-0.05, 0) is 62.5 Å². The zero-order valence-electron chi connectivity index (χ0n) is 12.9. The van der Waals surface area contributed by atoms with Crippen LogP contribution in [-0.2, 0) is 22.9 Å². The van der Waals surface area contributed by atoms with Gasteiger partial charge in [0, 0.05) is 23.1 Å². The number of likely N-dealkylation sites (N-methyl/N-ethyl adjacent to an activating group) is 1. The molecule has 1 aliphatic heterocycles. The number of rotatable bonds is 5. The average Bonchev–Trinajstić information content (AvgIpc) is 3.04. The summed E-state index contributed by atoms with van der Waals surface area (Å²) in [4.78, 5) is 5.74. The molecule has 0 bridgehead atoms. The second-order valence-electron chi connectivity index (χ2n) is 6.29. The molecular formula is C16H23N3O2S. The lowest BCUT2D eigenvalue weighted by atomic mass is 10.0. The molecule has 0 amide bonds. The Kier molecular flexibility index (Phi) is 4.25. The van der Waals surface area contributed by atoms with Gasteiger partial charge in [-0.25, -0.2) is 13.6 Å². The monoisotopic (exact) mass is 321 g/mol. The van der Waals surface area contributed by atoms with E-state index in [1.54, 1.807) is 0 Å². The number of nitrogens with zero attached hydrogens (tertiary/aromatic N) is 1. The minimum Gasteiger partial charge on any atom is -0.361 e. The fraction of sp³-hybridized carbons (Fsp3) is 0.500. The Labute approximate surface area is 131 Å². The number of hydrogen-bond acceptors (Lipinski definition) is 3. The Hall–Kier alpha value is -1.37. The van der Waals surface area contributed by atoms with Gasteiger partial charge in [0.05, 0.1) is 5.75 Å². The molecule has 1 atom stereocenters. The van der Waals surface area contributed by atoms with E-state index in [9.17, 15) is 8.42 Å². The van der Waals surface area contributed by atoms with Crippen molar-refractivity contribution in [3.63, 3.8) is 0 Å². The smallest absolute Gasteiger partial charge is 0.209 e. The van der Waals surface area contributed by atoms with E-state index in [-0.39, 0.29) is 5.75 Å². The highest BCUT2D eigenvalue weighted by molar-refractivity contribution is 7.89. The van der Waals surface area contributed by atoms with Crippen molar-refractivity contribution in [1.82, 2.24) is 9.88 Å². The van der Waals surface area contributed by atoms with Crippen LogP contribution in [0.2, 0.25) is 0 Å². The molecule has 1 aromatic carbocycles. The molecule has 0 spiro atoms. The second kappa shape index (κ2) is 6.02. The van der Waals surface area contributed by atoms with Crippen LogP contribution in [0.25, 0.3) is 10.9 Å². The number of nitrogens with two attached hydrogens (primary N) is 1. The molecule has 6 heteroatoms. The quantitative estimate of drug-likeness (QED) is 0.878. The van der Waals surface area contributed by atoms with Gasteiger partial charge in [0.15, 0.2) is 0 Å². The van der Waals surface area contributed by atoms with E-state index in [4.69, 9.17) is 5.14 Å². The van der Waals surface area contributed by atoms with Crippen LogP contribution < -0.4 is 5.14 Å². The average molecular weight is 321 g/mol. The Morgan fingerprint density at radius 3 is 2.91 bits per heavy atom. The van der Waals surface area contributed by atoms with E-state index in [1.807, 2.05) is 12.1 Å². The van der Waals surface area contributed by atoms with Crippen molar-refractivity contribution >= 4 is 20.9 Å². The summed E-state index contributed by atoms with van der Waals surface area (Å²) in [7, 11) is -1.23. The molecule has 22 heavy (non-hydrogen) atoms. The van der Waals surface area contributed by atoms with Crippen molar-refractivity contribution in [3.05, 3.63) is 35.5 Å². The zero-order valence-corrected chi connectivity index (χ0v) is 13.7. The largest absolute Gasteiger partial charge is 0.361 e. The highest BCUT2D eigenvalue weighted by atomic mass is 32.2. The highest BCUT2D eigenvalue weighted by Crippen LogP contribution is 2.25. The number of hydrogen-bond donors (Lipinski definition) is 2. The SMILES string of the molecule is CN1CCC[C@@H]1Cc1c[nH]c2ccc(CCS(N)(=O)=O)cc12. The van der Waals surface area contributed by atoms with E-state index < -0.39 is 10.0 Å². The third-order valence-electron chi connectivity index (χ3n) is 4.63. The van der Waals surface area contributed by atoms with Crippen molar-refractivity contribution < 1.29 is 8.42 Å². The van der Waals surface area contributed by atoms with Gasteiger partial charge in [-0.1, -0.05) is 6.07 Å². The number of H-pyrrole nitrogens is 1. The zero-order chi connectivity index (χ0) is 15.7. The molecule has 2 heterocycles. The van der Waals surface area contributed by atoms with Crippen LogP contribution in [0.1, 0.15) is 24.0 Å². The summed E-state index contributed by atoms with van der Waals surface area (Å²) in [6, 6.07) is 6.69. The number of aryl methyl sites for hydroxylation is 1. The maximum absolute atomic E-state index is 11.1. The van der Waals surface area contributed by atoms with E-state index in [0.717, 1.165) is 17.5 Å². The lowest BCUT2D eigenvalue weighted by Gasteiger charge is -2.18. The van der Waals surface area contributed by atoms with Crippen LogP contribution in [-0.4, -0.2) is 43.7 Å². The van der Waals surface area contributed by atoms with Gasteiger partial charge >= 0.3 is 0 Å². The lowest BCUT2D eigenvalue weighted by molar-refractivity contribution is 0.310. The molecule has 0 radical (unpaired) electrons. The predicted octanol–water partition coefficient (Wildman–Crippen LogP) is 1.64. The van der Waals surface area contributed by atoms with Crippen LogP contribution in [0.4, 0.5) is 0 Å². The van der Waals surface area contributed by atoms with Gasteiger partial charge < -0.3 is 9.88 Å². The maximum atomic E-state index is 11.1. The summed E-state index contributed by atoms with van der Waals surface area (Å²) in [5.74, 6) is -0.0103. The number of likely N-dealkylation sites (tertiary alicyclic amines) is 1. The number of fused-ring (bicyclic) bond motifs is 1. The first-order valence-electron chi connectivity index (χ1n) is 7.72.